The Morgan fingerprint density at radius 2 is 0.711 bits per heavy atom. The molecule has 0 aliphatic heterocycles. The molecular weight excluding hydrogens is 1100 g/mol. The van der Waals surface area contributed by atoms with E-state index in [1.165, 1.54) is 89.9 Å². The van der Waals surface area contributed by atoms with Gasteiger partial charge in [0.15, 0.2) is 12.2 Å². The number of carbonyl (C=O) groups is 4. The molecule has 0 amide bonds. The summed E-state index contributed by atoms with van der Waals surface area (Å²) < 4.78 is 67.7. The number of phosphoric acid groups is 2. The summed E-state index contributed by atoms with van der Waals surface area (Å²) in [4.78, 5) is 71.9. The molecule has 0 saturated heterocycles. The van der Waals surface area contributed by atoms with E-state index in [0.29, 0.717) is 31.6 Å². The molecule has 3 N–H and O–H groups in total. The fraction of sp³-hybridized carbons (Fsp3) is 0.875. The number of rotatable bonds is 61. The van der Waals surface area contributed by atoms with Gasteiger partial charge in [-0.1, -0.05) is 239 Å². The maximum atomic E-state index is 13.0. The summed E-state index contributed by atoms with van der Waals surface area (Å²) in [6.07, 6.45) is 41.6. The molecule has 17 nitrogen and oxygen atoms in total. The number of unbranched alkanes of at least 4 members (excludes halogenated alkanes) is 27. The van der Waals surface area contributed by atoms with E-state index in [2.05, 4.69) is 65.8 Å². The fourth-order valence-electron chi connectivity index (χ4n) is 8.96. The van der Waals surface area contributed by atoms with E-state index in [1.54, 1.807) is 0 Å². The number of aliphatic hydroxyl groups is 1. The molecule has 83 heavy (non-hydrogen) atoms. The first-order valence-corrected chi connectivity index (χ1v) is 35.8. The SMILES string of the molecule is CCCCCC/C=C\C=C/CCCCCCCC(=O)O[C@H](COC(=O)CCCCCCCCCCCCC(C)CC)COP(=O)(O)OC[C@@H](O)COP(=O)(O)OC[C@@H](COC(=O)CCCCCCC)OC(=O)CCCCCCCCC(C)C. The highest BCUT2D eigenvalue weighted by atomic mass is 31.2. The van der Waals surface area contributed by atoms with Gasteiger partial charge in [-0.15, -0.1) is 0 Å². The third-order valence-corrected chi connectivity index (χ3v) is 16.3. The van der Waals surface area contributed by atoms with Crippen LogP contribution in [0.1, 0.15) is 292 Å². The lowest BCUT2D eigenvalue weighted by molar-refractivity contribution is -0.161. The summed E-state index contributed by atoms with van der Waals surface area (Å²) in [5.41, 5.74) is 0. The Morgan fingerprint density at radius 1 is 0.398 bits per heavy atom. The minimum absolute atomic E-state index is 0.0843. The molecule has 0 aliphatic rings. The van der Waals surface area contributed by atoms with Crippen molar-refractivity contribution in [3.8, 4) is 0 Å². The van der Waals surface area contributed by atoms with Crippen molar-refractivity contribution in [2.45, 2.75) is 310 Å². The fourth-order valence-corrected chi connectivity index (χ4v) is 10.5. The average Bonchev–Trinajstić information content (AvgIpc) is 3.46. The molecule has 0 radical (unpaired) electrons. The molecular formula is C64H120O17P2. The van der Waals surface area contributed by atoms with Crippen molar-refractivity contribution in [2.75, 3.05) is 39.6 Å². The standard InChI is InChI=1S/C64H120O17P2/c1-7-10-12-14-15-16-17-18-19-20-21-26-29-36-42-48-63(68)80-60(53-75-62(67)47-41-35-28-25-23-22-24-27-34-39-45-57(6)9-3)55-79-83(72,73)77-51-58(65)50-76-82(70,71)78-54-59(52-74-61(66)46-40-32-13-11-8-2)81-64(69)49-43-37-31-30-33-38-44-56(4)5/h16-19,56-60,65H,7-15,20-55H2,1-6H3,(H,70,71)(H,72,73)/b17-16-,19-18-/t57?,58-,59+,60+/m0/s1. The second kappa shape index (κ2) is 56.1. The lowest BCUT2D eigenvalue weighted by Crippen LogP contribution is -2.30. The summed E-state index contributed by atoms with van der Waals surface area (Å²) in [5.74, 6) is -0.704. The zero-order valence-electron chi connectivity index (χ0n) is 53.0. The zero-order chi connectivity index (χ0) is 61.5. The number of hydrogen-bond donors (Lipinski definition) is 3. The van der Waals surface area contributed by atoms with E-state index in [0.717, 1.165) is 115 Å². The first-order chi connectivity index (χ1) is 39.9. The van der Waals surface area contributed by atoms with Crippen LogP contribution < -0.4 is 0 Å². The summed E-state index contributed by atoms with van der Waals surface area (Å²) >= 11 is 0. The van der Waals surface area contributed by atoms with Gasteiger partial charge in [-0.2, -0.15) is 0 Å². The molecule has 488 valence electrons. The first-order valence-electron chi connectivity index (χ1n) is 32.8. The van der Waals surface area contributed by atoms with Crippen LogP contribution >= 0.6 is 15.6 Å². The van der Waals surface area contributed by atoms with Gasteiger partial charge < -0.3 is 33.8 Å². The molecule has 6 atom stereocenters. The van der Waals surface area contributed by atoms with Crippen molar-refractivity contribution in [1.82, 2.24) is 0 Å². The predicted octanol–water partition coefficient (Wildman–Crippen LogP) is 17.2. The van der Waals surface area contributed by atoms with Gasteiger partial charge in [-0.3, -0.25) is 37.3 Å². The van der Waals surface area contributed by atoms with Crippen LogP contribution in [0.2, 0.25) is 0 Å². The van der Waals surface area contributed by atoms with Crippen molar-refractivity contribution in [3.05, 3.63) is 24.3 Å². The molecule has 0 bridgehead atoms. The van der Waals surface area contributed by atoms with Crippen LogP contribution in [0, 0.1) is 11.8 Å². The molecule has 0 aromatic heterocycles. The second-order valence-electron chi connectivity index (χ2n) is 23.2. The van der Waals surface area contributed by atoms with Gasteiger partial charge in [0.25, 0.3) is 0 Å². The van der Waals surface area contributed by atoms with Crippen LogP contribution in [-0.4, -0.2) is 96.7 Å². The molecule has 0 saturated carbocycles. The van der Waals surface area contributed by atoms with Gasteiger partial charge >= 0.3 is 39.5 Å². The third-order valence-electron chi connectivity index (χ3n) is 14.4. The summed E-state index contributed by atoms with van der Waals surface area (Å²) in [6.45, 7) is 9.27. The van der Waals surface area contributed by atoms with Crippen LogP contribution in [-0.2, 0) is 65.4 Å². The van der Waals surface area contributed by atoms with Gasteiger partial charge in [0.2, 0.25) is 0 Å². The molecule has 0 heterocycles. The average molecular weight is 1220 g/mol. The van der Waals surface area contributed by atoms with Crippen LogP contribution in [0.25, 0.3) is 0 Å². The Labute approximate surface area is 503 Å². The van der Waals surface area contributed by atoms with Gasteiger partial charge in [0.1, 0.15) is 19.3 Å². The Bertz CT molecular complexity index is 1730. The Kier molecular flexibility index (Phi) is 54.4. The normalized spacial score (nSPS) is 14.8. The van der Waals surface area contributed by atoms with Crippen LogP contribution in [0.3, 0.4) is 0 Å². The molecule has 0 aromatic rings. The smallest absolute Gasteiger partial charge is 0.462 e. The van der Waals surface area contributed by atoms with Gasteiger partial charge in [0, 0.05) is 25.7 Å². The zero-order valence-corrected chi connectivity index (χ0v) is 54.8. The van der Waals surface area contributed by atoms with E-state index >= 15 is 0 Å². The van der Waals surface area contributed by atoms with Crippen molar-refractivity contribution >= 4 is 39.5 Å². The van der Waals surface area contributed by atoms with E-state index in [9.17, 15) is 43.2 Å². The number of carbonyl (C=O) groups excluding carboxylic acids is 4. The molecule has 0 rings (SSSR count). The summed E-state index contributed by atoms with van der Waals surface area (Å²) in [7, 11) is -9.89. The highest BCUT2D eigenvalue weighted by Crippen LogP contribution is 2.45. The topological polar surface area (TPSA) is 237 Å². The van der Waals surface area contributed by atoms with E-state index in [-0.39, 0.29) is 25.7 Å². The predicted molar refractivity (Wildman–Crippen MR) is 331 cm³/mol. The van der Waals surface area contributed by atoms with Crippen LogP contribution in [0.15, 0.2) is 24.3 Å². The third kappa shape index (κ3) is 57.1. The molecule has 0 aromatic carbocycles. The number of esters is 4. The molecule has 0 fully saturated rings. The Hall–Kier alpha value is -2.46. The largest absolute Gasteiger partial charge is 0.472 e. The van der Waals surface area contributed by atoms with Crippen LogP contribution in [0.4, 0.5) is 0 Å². The highest BCUT2D eigenvalue weighted by molar-refractivity contribution is 7.47. The molecule has 0 spiro atoms. The Morgan fingerprint density at radius 3 is 1.08 bits per heavy atom. The minimum atomic E-state index is -4.95. The monoisotopic (exact) mass is 1220 g/mol. The summed E-state index contributed by atoms with van der Waals surface area (Å²) in [5, 5.41) is 10.5. The van der Waals surface area contributed by atoms with E-state index in [4.69, 9.17) is 37.0 Å². The number of phosphoric ester groups is 2. The van der Waals surface area contributed by atoms with E-state index < -0.39 is 97.5 Å². The van der Waals surface area contributed by atoms with Crippen molar-refractivity contribution in [1.29, 1.82) is 0 Å². The van der Waals surface area contributed by atoms with E-state index in [1.807, 2.05) is 0 Å². The maximum absolute atomic E-state index is 13.0. The first kappa shape index (κ1) is 80.5. The number of ether oxygens (including phenoxy) is 4. The summed E-state index contributed by atoms with van der Waals surface area (Å²) in [6, 6.07) is 0. The quantitative estimate of drug-likeness (QED) is 0.0169. The van der Waals surface area contributed by atoms with Gasteiger partial charge in [-0.05, 0) is 63.2 Å². The number of hydrogen-bond acceptors (Lipinski definition) is 15. The van der Waals surface area contributed by atoms with Crippen molar-refractivity contribution < 1.29 is 80.2 Å². The van der Waals surface area contributed by atoms with Gasteiger partial charge in [0.05, 0.1) is 26.4 Å². The second-order valence-corrected chi connectivity index (χ2v) is 26.1. The lowest BCUT2D eigenvalue weighted by Gasteiger charge is -2.21. The van der Waals surface area contributed by atoms with Crippen LogP contribution in [0.5, 0.6) is 0 Å². The van der Waals surface area contributed by atoms with Gasteiger partial charge in [-0.25, -0.2) is 9.13 Å². The highest BCUT2D eigenvalue weighted by Gasteiger charge is 2.30. The molecule has 3 unspecified atom stereocenters. The number of aliphatic hydroxyl groups excluding tert-OH is 1. The lowest BCUT2D eigenvalue weighted by atomic mass is 9.99. The minimum Gasteiger partial charge on any atom is -0.462 e. The maximum Gasteiger partial charge on any atom is 0.472 e. The molecule has 19 heteroatoms. The Balaban J connectivity index is 5.22. The number of allylic oxidation sites excluding steroid dienone is 4. The van der Waals surface area contributed by atoms with Crippen molar-refractivity contribution in [2.24, 2.45) is 11.8 Å². The molecule has 0 aliphatic carbocycles. The van der Waals surface area contributed by atoms with Crippen molar-refractivity contribution in [3.63, 3.8) is 0 Å².